The number of nitrogens with zero attached hydrogens (tertiary/aromatic N) is 2. The number of alkyl halides is 3. The largest absolute Gasteiger partial charge is 0.418 e. The Hall–Kier alpha value is -1.73. The van der Waals surface area contributed by atoms with Gasteiger partial charge in [-0.15, -0.1) is 0 Å². The quantitative estimate of drug-likeness (QED) is 0.300. The van der Waals surface area contributed by atoms with Gasteiger partial charge in [-0.05, 0) is 56.8 Å². The lowest BCUT2D eigenvalue weighted by Crippen LogP contribution is -2.12. The highest BCUT2D eigenvalue weighted by Gasteiger charge is 2.40. The maximum Gasteiger partial charge on any atom is 0.418 e. The van der Waals surface area contributed by atoms with Crippen molar-refractivity contribution in [3.8, 4) is 0 Å². The van der Waals surface area contributed by atoms with E-state index >= 15 is 0 Å². The van der Waals surface area contributed by atoms with Gasteiger partial charge in [0.1, 0.15) is 5.69 Å². The molecule has 0 amide bonds. The number of benzene rings is 2. The van der Waals surface area contributed by atoms with Crippen molar-refractivity contribution >= 4 is 70.5 Å². The van der Waals surface area contributed by atoms with Crippen LogP contribution in [0.2, 0.25) is 0 Å². The molecule has 0 saturated carbocycles. The van der Waals surface area contributed by atoms with E-state index in [9.17, 15) is 33.4 Å². The smallest absolute Gasteiger partial charge is 0.348 e. The highest BCUT2D eigenvalue weighted by atomic mass is 79.9. The van der Waals surface area contributed by atoms with Crippen LogP contribution in [0.4, 0.5) is 35.9 Å². The number of nitrogens with one attached hydrogen (secondary N) is 1. The van der Waals surface area contributed by atoms with Gasteiger partial charge in [0.05, 0.1) is 27.2 Å². The van der Waals surface area contributed by atoms with Crippen LogP contribution in [0.15, 0.2) is 25.6 Å². The molecule has 0 heterocycles. The zero-order valence-corrected chi connectivity index (χ0v) is 18.7. The lowest BCUT2D eigenvalue weighted by molar-refractivity contribution is -0.394. The van der Waals surface area contributed by atoms with Crippen LogP contribution in [0.25, 0.3) is 0 Å². The van der Waals surface area contributed by atoms with Crippen LogP contribution >= 0.6 is 47.8 Å². The minimum Gasteiger partial charge on any atom is -0.348 e. The molecular weight excluding hydrogens is 583 g/mol. The summed E-state index contributed by atoms with van der Waals surface area (Å²) in [4.78, 5) is 20.1. The van der Waals surface area contributed by atoms with Crippen LogP contribution in [0.3, 0.4) is 0 Å². The van der Waals surface area contributed by atoms with Crippen molar-refractivity contribution in [1.82, 2.24) is 0 Å². The number of halogens is 6. The molecule has 0 aromatic heterocycles. The van der Waals surface area contributed by atoms with E-state index in [1.807, 2.05) is 0 Å². The molecule has 0 aliphatic heterocycles. The molecule has 7 nitrogen and oxygen atoms in total. The Morgan fingerprint density at radius 3 is 1.79 bits per heavy atom. The molecule has 0 radical (unpaired) electrons. The third-order valence-corrected chi connectivity index (χ3v) is 6.99. The first-order chi connectivity index (χ1) is 12.8. The maximum atomic E-state index is 13.5. The third-order valence-electron chi connectivity index (χ3n) is 3.82. The average Bonchev–Trinajstić information content (AvgIpc) is 2.60. The zero-order chi connectivity index (χ0) is 21.5. The third kappa shape index (κ3) is 4.15. The number of hydrogen-bond donors (Lipinski definition) is 1. The fourth-order valence-electron chi connectivity index (χ4n) is 2.40. The van der Waals surface area contributed by atoms with E-state index in [4.69, 9.17) is 0 Å². The first-order valence-electron chi connectivity index (χ1n) is 7.22. The fraction of sp³-hybridized carbons (Fsp3) is 0.200. The Morgan fingerprint density at radius 2 is 1.39 bits per heavy atom. The van der Waals surface area contributed by atoms with Crippen LogP contribution in [0.1, 0.15) is 16.7 Å². The lowest BCUT2D eigenvalue weighted by Gasteiger charge is -2.19. The van der Waals surface area contributed by atoms with E-state index in [1.165, 1.54) is 0 Å². The summed E-state index contributed by atoms with van der Waals surface area (Å²) < 4.78 is 42.0. The molecule has 2 aromatic carbocycles. The highest BCUT2D eigenvalue weighted by molar-refractivity contribution is 9.11. The normalized spacial score (nSPS) is 11.4. The van der Waals surface area contributed by atoms with E-state index in [-0.39, 0.29) is 11.8 Å². The molecule has 0 atom stereocenters. The van der Waals surface area contributed by atoms with Crippen LogP contribution in [-0.2, 0) is 6.18 Å². The molecule has 0 saturated heterocycles. The Labute approximate surface area is 181 Å². The number of non-ortho nitro benzene ring substituents is 1. The molecule has 0 spiro atoms. The summed E-state index contributed by atoms with van der Waals surface area (Å²) in [6.45, 7) is 3.38. The topological polar surface area (TPSA) is 98.3 Å². The Kier molecular flexibility index (Phi) is 6.40. The molecule has 150 valence electrons. The first kappa shape index (κ1) is 22.6. The number of hydrogen-bond acceptors (Lipinski definition) is 5. The molecule has 1 N–H and O–H groups in total. The van der Waals surface area contributed by atoms with Gasteiger partial charge in [0.2, 0.25) is 0 Å². The minimum atomic E-state index is -5.07. The number of nitro groups is 2. The summed E-state index contributed by atoms with van der Waals surface area (Å²) in [7, 11) is 0. The van der Waals surface area contributed by atoms with Gasteiger partial charge >= 0.3 is 6.18 Å². The van der Waals surface area contributed by atoms with Crippen LogP contribution < -0.4 is 5.32 Å². The Bertz CT molecular complexity index is 983. The molecule has 2 rings (SSSR count). The summed E-state index contributed by atoms with van der Waals surface area (Å²) in [5.41, 5.74) is -3.14. The molecule has 28 heavy (non-hydrogen) atoms. The van der Waals surface area contributed by atoms with Gasteiger partial charge < -0.3 is 5.32 Å². The van der Waals surface area contributed by atoms with Crippen LogP contribution in [0, 0.1) is 34.1 Å². The monoisotopic (exact) mass is 589 g/mol. The van der Waals surface area contributed by atoms with Gasteiger partial charge in [0, 0.05) is 19.5 Å². The summed E-state index contributed by atoms with van der Waals surface area (Å²) in [5.74, 6) is 0. The van der Waals surface area contributed by atoms with E-state index in [0.29, 0.717) is 30.6 Å². The van der Waals surface area contributed by atoms with Crippen molar-refractivity contribution in [3.63, 3.8) is 0 Å². The lowest BCUT2D eigenvalue weighted by atomic mass is 10.1. The molecule has 0 bridgehead atoms. The van der Waals surface area contributed by atoms with Crippen LogP contribution in [0.5, 0.6) is 0 Å². The van der Waals surface area contributed by atoms with Crippen molar-refractivity contribution < 1.29 is 23.0 Å². The van der Waals surface area contributed by atoms with Gasteiger partial charge in [0.25, 0.3) is 11.4 Å². The first-order valence-corrected chi connectivity index (χ1v) is 9.60. The average molecular weight is 592 g/mol. The molecule has 0 unspecified atom stereocenters. The Morgan fingerprint density at radius 1 is 0.893 bits per heavy atom. The predicted octanol–water partition coefficient (Wildman–Crippen LogP) is 7.17. The molecule has 0 fully saturated rings. The number of anilines is 2. The zero-order valence-electron chi connectivity index (χ0n) is 13.9. The Balaban J connectivity index is 2.87. The summed E-state index contributed by atoms with van der Waals surface area (Å²) in [5, 5.41) is 24.7. The van der Waals surface area contributed by atoms with Crippen molar-refractivity contribution in [3.05, 3.63) is 62.5 Å². The van der Waals surface area contributed by atoms with E-state index in [1.54, 1.807) is 13.8 Å². The van der Waals surface area contributed by atoms with E-state index in [2.05, 4.69) is 53.1 Å². The van der Waals surface area contributed by atoms with Crippen molar-refractivity contribution in [1.29, 1.82) is 0 Å². The molecule has 2 aromatic rings. The second kappa shape index (κ2) is 7.95. The molecule has 0 aliphatic rings. The summed E-state index contributed by atoms with van der Waals surface area (Å²) in [6, 6.07) is 0.744. The maximum absolute atomic E-state index is 13.5. The summed E-state index contributed by atoms with van der Waals surface area (Å²) in [6.07, 6.45) is -5.07. The SMILES string of the molecule is Cc1c(Br)c(C)c(Br)c(Nc2c([N+](=O)[O-])cc([N+](=O)[O-])cc2C(F)(F)F)c1Br. The molecule has 13 heteroatoms. The minimum absolute atomic E-state index is 0.112. The van der Waals surface area contributed by atoms with Gasteiger partial charge in [-0.25, -0.2) is 0 Å². The van der Waals surface area contributed by atoms with Crippen molar-refractivity contribution in [2.45, 2.75) is 20.0 Å². The van der Waals surface area contributed by atoms with Crippen molar-refractivity contribution in [2.24, 2.45) is 0 Å². The fourth-order valence-corrected chi connectivity index (χ4v) is 4.58. The number of nitro benzene ring substituents is 2. The standard InChI is InChI=1S/C15H9Br3F3N3O4/c1-5-10(16)6(2)12(18)14(11(5)17)22-13-8(15(19,20)21)3-7(23(25)26)4-9(13)24(27)28/h3-4,22H,1-2H3. The van der Waals surface area contributed by atoms with Crippen molar-refractivity contribution in [2.75, 3.05) is 5.32 Å². The second-order valence-corrected chi connectivity index (χ2v) is 7.97. The highest BCUT2D eigenvalue weighted by Crippen LogP contribution is 2.48. The van der Waals surface area contributed by atoms with E-state index < -0.39 is 38.6 Å². The van der Waals surface area contributed by atoms with Gasteiger partial charge in [0.15, 0.2) is 0 Å². The second-order valence-electron chi connectivity index (χ2n) is 5.59. The summed E-state index contributed by atoms with van der Waals surface area (Å²) >= 11 is 9.89. The van der Waals surface area contributed by atoms with E-state index in [0.717, 1.165) is 0 Å². The van der Waals surface area contributed by atoms with Gasteiger partial charge in [-0.3, -0.25) is 20.2 Å². The van der Waals surface area contributed by atoms with Crippen LogP contribution in [-0.4, -0.2) is 9.85 Å². The van der Waals surface area contributed by atoms with Gasteiger partial charge in [-0.1, -0.05) is 15.9 Å². The predicted molar refractivity (Wildman–Crippen MR) is 107 cm³/mol. The molecular formula is C15H9Br3F3N3O4. The van der Waals surface area contributed by atoms with Gasteiger partial charge in [-0.2, -0.15) is 13.2 Å². The molecule has 0 aliphatic carbocycles. The number of rotatable bonds is 4.